The zero-order valence-electron chi connectivity index (χ0n) is 7.74. The Morgan fingerprint density at radius 1 is 1.43 bits per heavy atom. The first-order valence-electron chi connectivity index (χ1n) is 3.71. The Morgan fingerprint density at radius 2 is 1.93 bits per heavy atom. The topological polar surface area (TPSA) is 141 Å². The van der Waals surface area contributed by atoms with Crippen LogP contribution < -0.4 is 11.1 Å². The van der Waals surface area contributed by atoms with E-state index in [1.54, 1.807) is 0 Å². The van der Waals surface area contributed by atoms with Crippen LogP contribution in [-0.4, -0.2) is 34.4 Å². The van der Waals surface area contributed by atoms with Crippen LogP contribution in [0.3, 0.4) is 0 Å². The number of aliphatic carboxylic acids is 1. The first kappa shape index (κ1) is 14.9. The summed E-state index contributed by atoms with van der Waals surface area (Å²) in [5, 5.41) is 10.8. The molecule has 0 heterocycles. The monoisotopic (exact) mass is 206 g/mol. The van der Waals surface area contributed by atoms with Crippen LogP contribution in [0, 0.1) is 0 Å². The number of carbonyl (C=O) groups excluding carboxylic acids is 2. The van der Waals surface area contributed by atoms with Crippen LogP contribution in [0.15, 0.2) is 0 Å². The van der Waals surface area contributed by atoms with Gasteiger partial charge in [0.05, 0.1) is 0 Å². The van der Waals surface area contributed by atoms with Crippen LogP contribution in [0.2, 0.25) is 0 Å². The average molecular weight is 206 g/mol. The number of rotatable bonds is 5. The lowest BCUT2D eigenvalue weighted by molar-refractivity contribution is -0.141. The van der Waals surface area contributed by atoms with Gasteiger partial charge in [-0.15, -0.1) is 0 Å². The highest BCUT2D eigenvalue weighted by Gasteiger charge is 2.18. The molecule has 14 heavy (non-hydrogen) atoms. The quantitative estimate of drug-likeness (QED) is 0.479. The molecular formula is C7H14N2O5. The minimum absolute atomic E-state index is 0. The van der Waals surface area contributed by atoms with Crippen LogP contribution in [0.4, 0.5) is 0 Å². The van der Waals surface area contributed by atoms with Crippen molar-refractivity contribution in [3.8, 4) is 0 Å². The first-order valence-corrected chi connectivity index (χ1v) is 3.71. The number of carboxylic acids is 1. The van der Waals surface area contributed by atoms with Gasteiger partial charge in [0.2, 0.25) is 11.8 Å². The highest BCUT2D eigenvalue weighted by molar-refractivity contribution is 5.83. The van der Waals surface area contributed by atoms with Crippen LogP contribution in [0.25, 0.3) is 0 Å². The van der Waals surface area contributed by atoms with E-state index in [4.69, 9.17) is 10.8 Å². The summed E-state index contributed by atoms with van der Waals surface area (Å²) in [5.41, 5.74) is 4.83. The molecule has 0 aromatic rings. The number of carbonyl (C=O) groups is 3. The van der Waals surface area contributed by atoms with Crippen LogP contribution in [0.5, 0.6) is 0 Å². The summed E-state index contributed by atoms with van der Waals surface area (Å²) in [6.45, 7) is 1.21. The van der Waals surface area contributed by atoms with E-state index in [1.807, 2.05) is 0 Å². The molecular weight excluding hydrogens is 192 g/mol. The van der Waals surface area contributed by atoms with Gasteiger partial charge in [0, 0.05) is 13.3 Å². The molecule has 7 heteroatoms. The van der Waals surface area contributed by atoms with E-state index in [-0.39, 0.29) is 18.3 Å². The fourth-order valence-corrected chi connectivity index (χ4v) is 0.789. The second kappa shape index (κ2) is 6.84. The van der Waals surface area contributed by atoms with Crippen molar-refractivity contribution in [3.63, 3.8) is 0 Å². The van der Waals surface area contributed by atoms with Gasteiger partial charge in [-0.25, -0.2) is 4.79 Å². The maximum absolute atomic E-state index is 10.5. The molecule has 1 atom stereocenters. The second-order valence-electron chi connectivity index (χ2n) is 2.60. The van der Waals surface area contributed by atoms with Crippen LogP contribution >= 0.6 is 0 Å². The number of hydrogen-bond donors (Lipinski definition) is 3. The number of primary amides is 1. The van der Waals surface area contributed by atoms with E-state index >= 15 is 0 Å². The maximum atomic E-state index is 10.5. The Labute approximate surface area is 80.6 Å². The Bertz CT molecular complexity index is 228. The summed E-state index contributed by atoms with van der Waals surface area (Å²) >= 11 is 0. The van der Waals surface area contributed by atoms with Gasteiger partial charge in [0.15, 0.2) is 0 Å². The van der Waals surface area contributed by atoms with Crippen molar-refractivity contribution in [3.05, 3.63) is 0 Å². The molecule has 0 aromatic heterocycles. The summed E-state index contributed by atoms with van der Waals surface area (Å²) < 4.78 is 0. The SMILES string of the molecule is CC(=O)N[C@@H](CCC(N)=O)C(=O)O.O. The van der Waals surface area contributed by atoms with Crippen molar-refractivity contribution < 1.29 is 25.0 Å². The summed E-state index contributed by atoms with van der Waals surface area (Å²) in [7, 11) is 0. The van der Waals surface area contributed by atoms with E-state index in [9.17, 15) is 14.4 Å². The van der Waals surface area contributed by atoms with E-state index in [0.29, 0.717) is 0 Å². The molecule has 0 aromatic carbocycles. The normalized spacial score (nSPS) is 10.9. The third kappa shape index (κ3) is 7.04. The van der Waals surface area contributed by atoms with Crippen molar-refractivity contribution in [2.75, 3.05) is 0 Å². The van der Waals surface area contributed by atoms with Gasteiger partial charge in [-0.1, -0.05) is 0 Å². The summed E-state index contributed by atoms with van der Waals surface area (Å²) in [4.78, 5) is 31.3. The molecule has 0 saturated heterocycles. The van der Waals surface area contributed by atoms with E-state index in [0.717, 1.165) is 0 Å². The maximum Gasteiger partial charge on any atom is 0.326 e. The Kier molecular flexibility index (Phi) is 7.27. The fraction of sp³-hybridized carbons (Fsp3) is 0.571. The number of hydrogen-bond acceptors (Lipinski definition) is 3. The zero-order valence-corrected chi connectivity index (χ0v) is 7.74. The Hall–Kier alpha value is -1.63. The molecule has 0 fully saturated rings. The zero-order chi connectivity index (χ0) is 10.4. The van der Waals surface area contributed by atoms with Crippen molar-refractivity contribution in [2.45, 2.75) is 25.8 Å². The molecule has 0 unspecified atom stereocenters. The lowest BCUT2D eigenvalue weighted by Crippen LogP contribution is -2.40. The van der Waals surface area contributed by atoms with Gasteiger partial charge < -0.3 is 21.6 Å². The minimum atomic E-state index is -1.17. The molecule has 0 rings (SSSR count). The highest BCUT2D eigenvalue weighted by atomic mass is 16.4. The second-order valence-corrected chi connectivity index (χ2v) is 2.60. The highest BCUT2D eigenvalue weighted by Crippen LogP contribution is 1.96. The van der Waals surface area contributed by atoms with Gasteiger partial charge in [0.1, 0.15) is 6.04 Å². The number of nitrogens with two attached hydrogens (primary N) is 1. The average Bonchev–Trinajstić information content (AvgIpc) is 1.96. The van der Waals surface area contributed by atoms with E-state index in [1.165, 1.54) is 6.92 Å². The molecule has 0 aliphatic rings. The summed E-state index contributed by atoms with van der Waals surface area (Å²) in [6, 6.07) is -1.04. The van der Waals surface area contributed by atoms with Crippen molar-refractivity contribution in [1.82, 2.24) is 5.32 Å². The molecule has 0 radical (unpaired) electrons. The molecule has 2 amide bonds. The molecule has 6 N–H and O–H groups in total. The van der Waals surface area contributed by atoms with Gasteiger partial charge in [-0.2, -0.15) is 0 Å². The van der Waals surface area contributed by atoms with Crippen LogP contribution in [-0.2, 0) is 14.4 Å². The van der Waals surface area contributed by atoms with Gasteiger partial charge in [0.25, 0.3) is 0 Å². The molecule has 0 bridgehead atoms. The summed E-state index contributed by atoms with van der Waals surface area (Å²) in [5.74, 6) is -2.20. The first-order chi connectivity index (χ1) is 5.93. The fourth-order valence-electron chi connectivity index (χ4n) is 0.789. The van der Waals surface area contributed by atoms with Crippen molar-refractivity contribution in [2.24, 2.45) is 5.73 Å². The largest absolute Gasteiger partial charge is 0.480 e. The van der Waals surface area contributed by atoms with Gasteiger partial charge >= 0.3 is 5.97 Å². The predicted octanol–water partition coefficient (Wildman–Crippen LogP) is -1.98. The Morgan fingerprint density at radius 3 is 2.21 bits per heavy atom. The third-order valence-corrected chi connectivity index (χ3v) is 1.36. The molecule has 7 nitrogen and oxygen atoms in total. The smallest absolute Gasteiger partial charge is 0.326 e. The molecule has 0 aliphatic carbocycles. The third-order valence-electron chi connectivity index (χ3n) is 1.36. The lowest BCUT2D eigenvalue weighted by Gasteiger charge is -2.11. The lowest BCUT2D eigenvalue weighted by atomic mass is 10.1. The molecule has 0 aliphatic heterocycles. The predicted molar refractivity (Wildman–Crippen MR) is 47.3 cm³/mol. The van der Waals surface area contributed by atoms with E-state index in [2.05, 4.69) is 5.32 Å². The van der Waals surface area contributed by atoms with Crippen LogP contribution in [0.1, 0.15) is 19.8 Å². The molecule has 0 spiro atoms. The number of amides is 2. The van der Waals surface area contributed by atoms with E-state index < -0.39 is 23.8 Å². The van der Waals surface area contributed by atoms with Crippen molar-refractivity contribution in [1.29, 1.82) is 0 Å². The number of carboxylic acid groups (broad SMARTS) is 1. The molecule has 82 valence electrons. The Balaban J connectivity index is 0. The van der Waals surface area contributed by atoms with Gasteiger partial charge in [-0.3, -0.25) is 9.59 Å². The standard InChI is InChI=1S/C7H12N2O4.H2O/c1-4(10)9-5(7(12)13)2-3-6(8)11;/h5H,2-3H2,1H3,(H2,8,11)(H,9,10)(H,12,13);1H2/t5-;/m0./s1. The van der Waals surface area contributed by atoms with Gasteiger partial charge in [-0.05, 0) is 6.42 Å². The van der Waals surface area contributed by atoms with Crippen molar-refractivity contribution >= 4 is 17.8 Å². The molecule has 0 saturated carbocycles. The minimum Gasteiger partial charge on any atom is -0.480 e. The number of nitrogens with one attached hydrogen (secondary N) is 1. The summed E-state index contributed by atoms with van der Waals surface area (Å²) in [6.07, 6.45) is -0.0402.